The maximum atomic E-state index is 14.4. The molecule has 4 aliphatic rings. The third kappa shape index (κ3) is 3.69. The monoisotopic (exact) mass is 514 g/mol. The van der Waals surface area contributed by atoms with Crippen molar-refractivity contribution in [3.8, 4) is 0 Å². The number of benzene rings is 1. The smallest absolute Gasteiger partial charge is 0.313 e. The van der Waals surface area contributed by atoms with Crippen LogP contribution in [0.1, 0.15) is 25.8 Å². The van der Waals surface area contributed by atoms with Gasteiger partial charge in [-0.15, -0.1) is 0 Å². The fourth-order valence-electron chi connectivity index (χ4n) is 6.29. The van der Waals surface area contributed by atoms with Crippen LogP contribution < -0.4 is 4.90 Å². The minimum atomic E-state index is -1.38. The molecule has 0 aliphatic carbocycles. The molecule has 36 heavy (non-hydrogen) atoms. The van der Waals surface area contributed by atoms with Crippen molar-refractivity contribution in [1.82, 2.24) is 4.90 Å². The lowest BCUT2D eigenvalue weighted by molar-refractivity contribution is -0.153. The molecule has 2 amide bonds. The van der Waals surface area contributed by atoms with E-state index in [2.05, 4.69) is 0 Å². The summed E-state index contributed by atoms with van der Waals surface area (Å²) in [5.41, 5.74) is 0.00793. The molecule has 0 aromatic heterocycles. The molecule has 4 heterocycles. The molecule has 2 saturated heterocycles. The Hall–Kier alpha value is -2.68. The highest BCUT2D eigenvalue weighted by molar-refractivity contribution is 6.34. The van der Waals surface area contributed by atoms with E-state index >= 15 is 0 Å². The van der Waals surface area contributed by atoms with Gasteiger partial charge in [-0.1, -0.05) is 55.8 Å². The van der Waals surface area contributed by atoms with Crippen LogP contribution in [0.4, 0.5) is 5.69 Å². The number of amides is 2. The molecule has 1 N–H and O–H groups in total. The number of nitrogens with zero attached hydrogens (tertiary/aromatic N) is 2. The van der Waals surface area contributed by atoms with Crippen molar-refractivity contribution >= 4 is 35.1 Å². The Labute approximate surface area is 215 Å². The third-order valence-corrected chi connectivity index (χ3v) is 7.96. The first-order chi connectivity index (χ1) is 17.2. The van der Waals surface area contributed by atoms with Crippen molar-refractivity contribution in [3.63, 3.8) is 0 Å². The lowest BCUT2D eigenvalue weighted by Crippen LogP contribution is -2.58. The van der Waals surface area contributed by atoms with Crippen LogP contribution in [0, 0.1) is 24.7 Å². The first-order valence-electron chi connectivity index (χ1n) is 12.4. The first kappa shape index (κ1) is 25.0. The van der Waals surface area contributed by atoms with Gasteiger partial charge in [-0.2, -0.15) is 0 Å². The Balaban J connectivity index is 1.67. The highest BCUT2D eigenvalue weighted by Gasteiger charge is 2.72. The molecule has 8 nitrogen and oxygen atoms in total. The number of carbonyl (C=O) groups excluding carboxylic acids is 3. The van der Waals surface area contributed by atoms with E-state index in [0.29, 0.717) is 17.1 Å². The van der Waals surface area contributed by atoms with Gasteiger partial charge in [0.15, 0.2) is 0 Å². The second-order valence-electron chi connectivity index (χ2n) is 10.4. The molecular formula is C27H31ClN2O6. The molecule has 1 spiro atoms. The fourth-order valence-corrected chi connectivity index (χ4v) is 6.61. The normalized spacial score (nSPS) is 32.2. The molecule has 0 radical (unpaired) electrons. The van der Waals surface area contributed by atoms with Gasteiger partial charge < -0.3 is 24.4 Å². The number of halogens is 1. The number of rotatable bonds is 5. The molecule has 192 valence electrons. The highest BCUT2D eigenvalue weighted by Crippen LogP contribution is 2.54. The summed E-state index contributed by atoms with van der Waals surface area (Å²) in [6, 6.07) is 3.72. The van der Waals surface area contributed by atoms with Crippen molar-refractivity contribution in [3.05, 3.63) is 53.1 Å². The van der Waals surface area contributed by atoms with Gasteiger partial charge in [0.1, 0.15) is 24.2 Å². The van der Waals surface area contributed by atoms with Crippen LogP contribution in [-0.4, -0.2) is 71.3 Å². The minimum Gasteiger partial charge on any atom is -0.461 e. The van der Waals surface area contributed by atoms with Crippen molar-refractivity contribution < 1.29 is 29.0 Å². The Morgan fingerprint density at radius 3 is 2.67 bits per heavy atom. The SMILES string of the molecule is Cc1cccc(Cl)c1N1CC=C[C@]23O[C@H]4C=CCOC(=O)[C@H]4[C@H]2C(=O)N([C@@H](CO)CC(C)C)C3C1=O. The van der Waals surface area contributed by atoms with E-state index in [0.717, 1.165) is 5.56 Å². The van der Waals surface area contributed by atoms with Crippen LogP contribution in [-0.2, 0) is 23.9 Å². The van der Waals surface area contributed by atoms with Crippen LogP contribution in [0.2, 0.25) is 5.02 Å². The summed E-state index contributed by atoms with van der Waals surface area (Å²) in [6.45, 7) is 5.88. The molecule has 2 fully saturated rings. The molecule has 0 saturated carbocycles. The minimum absolute atomic E-state index is 0.108. The summed E-state index contributed by atoms with van der Waals surface area (Å²) in [6.07, 6.45) is 6.82. The summed E-state index contributed by atoms with van der Waals surface area (Å²) in [4.78, 5) is 44.6. The van der Waals surface area contributed by atoms with Crippen LogP contribution in [0.5, 0.6) is 0 Å². The standard InChI is InChI=1S/C27H31ClN2O6/c1-15(2)13-17(14-31)30-23-25(33)29(22-16(3)7-4-8-18(22)28)11-6-10-27(23)21(24(30)32)20-19(36-27)9-5-12-35-26(20)34/h4-10,15,17,19-21,23,31H,11-14H2,1-3H3/t17-,19+,20-,21+,23?,27+/m1/s1. The molecule has 0 bridgehead atoms. The number of fused-ring (bicyclic) bond motifs is 2. The first-order valence-corrected chi connectivity index (χ1v) is 12.8. The van der Waals surface area contributed by atoms with Gasteiger partial charge in [0.2, 0.25) is 5.91 Å². The van der Waals surface area contributed by atoms with Gasteiger partial charge in [0.25, 0.3) is 5.91 Å². The second-order valence-corrected chi connectivity index (χ2v) is 10.8. The quantitative estimate of drug-likeness (QED) is 0.479. The van der Waals surface area contributed by atoms with E-state index < -0.39 is 41.6 Å². The maximum absolute atomic E-state index is 14.4. The number of hydrogen-bond acceptors (Lipinski definition) is 6. The van der Waals surface area contributed by atoms with Gasteiger partial charge in [-0.25, -0.2) is 0 Å². The highest BCUT2D eigenvalue weighted by atomic mass is 35.5. The summed E-state index contributed by atoms with van der Waals surface area (Å²) >= 11 is 6.55. The largest absolute Gasteiger partial charge is 0.461 e. The second kappa shape index (κ2) is 9.32. The number of aliphatic hydroxyl groups excluding tert-OH is 1. The zero-order chi connectivity index (χ0) is 25.8. The zero-order valence-electron chi connectivity index (χ0n) is 20.6. The van der Waals surface area contributed by atoms with Crippen molar-refractivity contribution in [2.24, 2.45) is 17.8 Å². The number of cyclic esters (lactones) is 1. The molecule has 1 aromatic carbocycles. The Kier molecular flexibility index (Phi) is 6.47. The van der Waals surface area contributed by atoms with Crippen LogP contribution in [0.15, 0.2) is 42.5 Å². The third-order valence-electron chi connectivity index (χ3n) is 7.66. The number of esters is 1. The Morgan fingerprint density at radius 2 is 1.97 bits per heavy atom. The number of aliphatic hydroxyl groups is 1. The number of aryl methyl sites for hydroxylation is 1. The number of para-hydroxylation sites is 1. The molecular weight excluding hydrogens is 484 g/mol. The average Bonchev–Trinajstić information content (AvgIpc) is 3.13. The molecule has 1 aromatic rings. The molecule has 4 aliphatic heterocycles. The molecule has 1 unspecified atom stereocenters. The lowest BCUT2D eigenvalue weighted by atomic mass is 9.78. The summed E-state index contributed by atoms with van der Waals surface area (Å²) in [5.74, 6) is -2.93. The van der Waals surface area contributed by atoms with Crippen LogP contribution in [0.3, 0.4) is 0 Å². The molecule has 6 atom stereocenters. The van der Waals surface area contributed by atoms with Crippen LogP contribution in [0.25, 0.3) is 0 Å². The fraction of sp³-hybridized carbons (Fsp3) is 0.519. The Bertz CT molecular complexity index is 1130. The average molecular weight is 515 g/mol. The molecule has 5 rings (SSSR count). The number of anilines is 1. The number of carbonyl (C=O) groups is 3. The Morgan fingerprint density at radius 1 is 1.19 bits per heavy atom. The lowest BCUT2D eigenvalue weighted by Gasteiger charge is -2.39. The van der Waals surface area contributed by atoms with E-state index in [9.17, 15) is 19.5 Å². The maximum Gasteiger partial charge on any atom is 0.313 e. The van der Waals surface area contributed by atoms with Gasteiger partial charge in [0.05, 0.1) is 35.4 Å². The van der Waals surface area contributed by atoms with Crippen molar-refractivity contribution in [2.45, 2.75) is 51.0 Å². The van der Waals surface area contributed by atoms with Crippen molar-refractivity contribution in [2.75, 3.05) is 24.7 Å². The van der Waals surface area contributed by atoms with Gasteiger partial charge in [-0.05, 0) is 37.0 Å². The van der Waals surface area contributed by atoms with E-state index in [4.69, 9.17) is 21.1 Å². The van der Waals surface area contributed by atoms with Gasteiger partial charge >= 0.3 is 5.97 Å². The van der Waals surface area contributed by atoms with E-state index in [1.54, 1.807) is 35.3 Å². The number of ether oxygens (including phenoxy) is 2. The van der Waals surface area contributed by atoms with E-state index in [-0.39, 0.29) is 37.5 Å². The number of likely N-dealkylation sites (tertiary alicyclic amines) is 1. The van der Waals surface area contributed by atoms with E-state index in [1.807, 2.05) is 32.9 Å². The predicted molar refractivity (Wildman–Crippen MR) is 133 cm³/mol. The van der Waals surface area contributed by atoms with E-state index in [1.165, 1.54) is 4.90 Å². The number of hydrogen-bond donors (Lipinski definition) is 1. The summed E-state index contributed by atoms with van der Waals surface area (Å²) in [7, 11) is 0. The van der Waals surface area contributed by atoms with Gasteiger partial charge in [-0.3, -0.25) is 14.4 Å². The zero-order valence-corrected chi connectivity index (χ0v) is 21.4. The summed E-state index contributed by atoms with van der Waals surface area (Å²) in [5, 5.41) is 10.8. The topological polar surface area (TPSA) is 96.4 Å². The predicted octanol–water partition coefficient (Wildman–Crippen LogP) is 2.65. The van der Waals surface area contributed by atoms with Gasteiger partial charge in [0, 0.05) is 6.54 Å². The summed E-state index contributed by atoms with van der Waals surface area (Å²) < 4.78 is 11.9. The van der Waals surface area contributed by atoms with Crippen molar-refractivity contribution in [1.29, 1.82) is 0 Å². The molecule has 9 heteroatoms. The van der Waals surface area contributed by atoms with Crippen LogP contribution >= 0.6 is 11.6 Å².